The number of aromatic nitrogens is 3. The quantitative estimate of drug-likeness (QED) is 0.376. The third-order valence-electron chi connectivity index (χ3n) is 6.76. The second-order valence-electron chi connectivity index (χ2n) is 9.07. The van der Waals surface area contributed by atoms with Gasteiger partial charge in [-0.25, -0.2) is 14.4 Å². The van der Waals surface area contributed by atoms with Gasteiger partial charge in [0, 0.05) is 24.2 Å². The summed E-state index contributed by atoms with van der Waals surface area (Å²) < 4.78 is 20.7. The number of ether oxygens (including phenoxy) is 1. The lowest BCUT2D eigenvalue weighted by Crippen LogP contribution is -2.23. The molecule has 0 spiro atoms. The predicted octanol–water partition coefficient (Wildman–Crippen LogP) is 4.07. The molecular weight excluding hydrogens is 461 g/mol. The molecule has 186 valence electrons. The number of nitrogen functional groups attached to an aromatic ring is 1. The molecule has 0 bridgehead atoms. The van der Waals surface area contributed by atoms with E-state index in [1.54, 1.807) is 6.20 Å². The summed E-state index contributed by atoms with van der Waals surface area (Å²) in [5, 5.41) is 12.7. The number of imidazole rings is 1. The molecule has 0 radical (unpaired) electrons. The van der Waals surface area contributed by atoms with Crippen LogP contribution >= 0.6 is 0 Å². The number of methoxy groups -OCH3 is 1. The fourth-order valence-electron chi connectivity index (χ4n) is 4.83. The Hall–Kier alpha value is -3.98. The number of carbonyl (C=O) groups is 1. The number of benzene rings is 2. The van der Waals surface area contributed by atoms with E-state index in [0.717, 1.165) is 54.1 Å². The van der Waals surface area contributed by atoms with Gasteiger partial charge in [0.2, 0.25) is 5.95 Å². The standard InChI is InChI=1S/C27H28FN5O3/c1-36-23-11-8-19(28)14-21(23)26(35)31-15-16-2-4-18(5-3-16)25-32-24(17-6-9-20(34)10-7-17)22-12-13-30-27(29)33(22)25/h2-5,8,11-14,17,20,34H,6-7,9-10,15H2,1H3,(H2,29,30)(H,31,35). The molecule has 36 heavy (non-hydrogen) atoms. The van der Waals surface area contributed by atoms with Crippen LogP contribution in [0.3, 0.4) is 0 Å². The molecule has 4 aromatic rings. The molecule has 0 atom stereocenters. The summed E-state index contributed by atoms with van der Waals surface area (Å²) in [5.41, 5.74) is 10.0. The average Bonchev–Trinajstić information content (AvgIpc) is 3.29. The Bertz CT molecular complexity index is 1390. The lowest BCUT2D eigenvalue weighted by Gasteiger charge is -2.24. The van der Waals surface area contributed by atoms with Crippen LogP contribution in [0.2, 0.25) is 0 Å². The van der Waals surface area contributed by atoms with Crippen molar-refractivity contribution in [1.29, 1.82) is 0 Å². The van der Waals surface area contributed by atoms with Crippen LogP contribution in [0.4, 0.5) is 10.3 Å². The van der Waals surface area contributed by atoms with Gasteiger partial charge in [0.1, 0.15) is 17.4 Å². The van der Waals surface area contributed by atoms with E-state index in [1.165, 1.54) is 19.2 Å². The first-order valence-corrected chi connectivity index (χ1v) is 12.0. The van der Waals surface area contributed by atoms with Gasteiger partial charge in [-0.2, -0.15) is 0 Å². The molecule has 0 aliphatic heterocycles. The molecule has 0 saturated heterocycles. The van der Waals surface area contributed by atoms with Crippen molar-refractivity contribution >= 4 is 17.4 Å². The molecule has 4 N–H and O–H groups in total. The predicted molar refractivity (Wildman–Crippen MR) is 134 cm³/mol. The third kappa shape index (κ3) is 4.61. The molecule has 9 heteroatoms. The van der Waals surface area contributed by atoms with Gasteiger partial charge in [-0.05, 0) is 55.5 Å². The van der Waals surface area contributed by atoms with Crippen LogP contribution in [0, 0.1) is 5.82 Å². The van der Waals surface area contributed by atoms with Crippen LogP contribution in [0.25, 0.3) is 16.9 Å². The van der Waals surface area contributed by atoms with Crippen LogP contribution in [-0.2, 0) is 6.54 Å². The van der Waals surface area contributed by atoms with Gasteiger partial charge < -0.3 is 20.9 Å². The van der Waals surface area contributed by atoms with E-state index < -0.39 is 11.7 Å². The first kappa shape index (κ1) is 23.7. The highest BCUT2D eigenvalue weighted by Gasteiger charge is 2.26. The maximum Gasteiger partial charge on any atom is 0.255 e. The maximum absolute atomic E-state index is 13.6. The van der Waals surface area contributed by atoms with E-state index in [-0.39, 0.29) is 24.1 Å². The zero-order valence-corrected chi connectivity index (χ0v) is 19.9. The third-order valence-corrected chi connectivity index (χ3v) is 6.76. The van der Waals surface area contributed by atoms with Gasteiger partial charge in [-0.15, -0.1) is 0 Å². The van der Waals surface area contributed by atoms with Gasteiger partial charge in [0.25, 0.3) is 5.91 Å². The van der Waals surface area contributed by atoms with Crippen molar-refractivity contribution in [2.75, 3.05) is 12.8 Å². The van der Waals surface area contributed by atoms with Crippen molar-refractivity contribution in [1.82, 2.24) is 19.7 Å². The molecule has 1 amide bonds. The SMILES string of the molecule is COc1ccc(F)cc1C(=O)NCc1ccc(-c2nc(C3CCC(O)CC3)c3ccnc(N)n23)cc1. The Labute approximate surface area is 208 Å². The number of rotatable bonds is 6. The minimum absolute atomic E-state index is 0.142. The normalized spacial score (nSPS) is 17.8. The smallest absolute Gasteiger partial charge is 0.255 e. The van der Waals surface area contributed by atoms with E-state index in [0.29, 0.717) is 17.5 Å². The van der Waals surface area contributed by atoms with Crippen LogP contribution in [0.5, 0.6) is 5.75 Å². The summed E-state index contributed by atoms with van der Waals surface area (Å²) in [6, 6.07) is 13.4. The van der Waals surface area contributed by atoms with E-state index in [9.17, 15) is 14.3 Å². The van der Waals surface area contributed by atoms with E-state index >= 15 is 0 Å². The molecule has 2 heterocycles. The number of amides is 1. The van der Waals surface area contributed by atoms with Gasteiger partial charge in [-0.3, -0.25) is 9.20 Å². The molecule has 1 fully saturated rings. The number of hydrogen-bond acceptors (Lipinski definition) is 6. The van der Waals surface area contributed by atoms with E-state index in [4.69, 9.17) is 15.5 Å². The van der Waals surface area contributed by atoms with Crippen molar-refractivity contribution in [2.45, 2.75) is 44.2 Å². The van der Waals surface area contributed by atoms with Gasteiger partial charge in [-0.1, -0.05) is 24.3 Å². The Balaban J connectivity index is 1.37. The number of aliphatic hydroxyl groups is 1. The van der Waals surface area contributed by atoms with Crippen LogP contribution < -0.4 is 15.8 Å². The Morgan fingerprint density at radius 2 is 1.92 bits per heavy atom. The topological polar surface area (TPSA) is 115 Å². The van der Waals surface area contributed by atoms with E-state index in [1.807, 2.05) is 34.7 Å². The van der Waals surface area contributed by atoms with Crippen molar-refractivity contribution < 1.29 is 19.0 Å². The number of nitrogens with two attached hydrogens (primary N) is 1. The van der Waals surface area contributed by atoms with Gasteiger partial charge in [0.15, 0.2) is 0 Å². The maximum atomic E-state index is 13.6. The van der Waals surface area contributed by atoms with Crippen LogP contribution in [-0.4, -0.2) is 38.6 Å². The first-order valence-electron chi connectivity index (χ1n) is 12.0. The molecule has 1 aliphatic rings. The number of nitrogens with zero attached hydrogens (tertiary/aromatic N) is 3. The first-order chi connectivity index (χ1) is 17.4. The fourth-order valence-corrected chi connectivity index (χ4v) is 4.83. The molecule has 8 nitrogen and oxygen atoms in total. The number of halogens is 1. The summed E-state index contributed by atoms with van der Waals surface area (Å²) in [4.78, 5) is 21.8. The Morgan fingerprint density at radius 3 is 2.64 bits per heavy atom. The van der Waals surface area contributed by atoms with Crippen molar-refractivity contribution in [2.24, 2.45) is 0 Å². The number of hydrogen-bond donors (Lipinski definition) is 3. The second kappa shape index (κ2) is 9.94. The Kier molecular flexibility index (Phi) is 6.56. The van der Waals surface area contributed by atoms with Crippen molar-refractivity contribution in [3.8, 4) is 17.1 Å². The van der Waals surface area contributed by atoms with Crippen LogP contribution in [0.15, 0.2) is 54.7 Å². The Morgan fingerprint density at radius 1 is 1.17 bits per heavy atom. The molecule has 2 aromatic heterocycles. The monoisotopic (exact) mass is 489 g/mol. The highest BCUT2D eigenvalue weighted by molar-refractivity contribution is 5.96. The summed E-state index contributed by atoms with van der Waals surface area (Å²) in [6.07, 6.45) is 4.74. The highest BCUT2D eigenvalue weighted by atomic mass is 19.1. The molecule has 2 aromatic carbocycles. The van der Waals surface area contributed by atoms with E-state index in [2.05, 4.69) is 10.3 Å². The largest absolute Gasteiger partial charge is 0.496 e. The van der Waals surface area contributed by atoms with Gasteiger partial charge >= 0.3 is 0 Å². The summed E-state index contributed by atoms with van der Waals surface area (Å²) in [7, 11) is 1.44. The number of carbonyl (C=O) groups excluding carboxylic acids is 1. The van der Waals surface area contributed by atoms with Crippen molar-refractivity contribution in [3.63, 3.8) is 0 Å². The lowest BCUT2D eigenvalue weighted by molar-refractivity contribution is 0.0947. The van der Waals surface area contributed by atoms with Crippen LogP contribution in [0.1, 0.15) is 53.2 Å². The molecular formula is C27H28FN5O3. The summed E-state index contributed by atoms with van der Waals surface area (Å²) >= 11 is 0. The highest BCUT2D eigenvalue weighted by Crippen LogP contribution is 2.37. The molecule has 1 saturated carbocycles. The second-order valence-corrected chi connectivity index (χ2v) is 9.07. The molecule has 0 unspecified atom stereocenters. The minimum Gasteiger partial charge on any atom is -0.496 e. The average molecular weight is 490 g/mol. The lowest BCUT2D eigenvalue weighted by atomic mass is 9.85. The number of fused-ring (bicyclic) bond motifs is 1. The van der Waals surface area contributed by atoms with Crippen molar-refractivity contribution in [3.05, 3.63) is 77.4 Å². The minimum atomic E-state index is -0.505. The zero-order valence-electron chi connectivity index (χ0n) is 19.9. The summed E-state index contributed by atoms with van der Waals surface area (Å²) in [6.45, 7) is 0.264. The summed E-state index contributed by atoms with van der Waals surface area (Å²) in [5.74, 6) is 0.706. The number of nitrogens with one attached hydrogen (secondary N) is 1. The molecule has 1 aliphatic carbocycles. The van der Waals surface area contributed by atoms with Gasteiger partial charge in [0.05, 0.1) is 30.0 Å². The zero-order chi connectivity index (χ0) is 25.2. The fraction of sp³-hybridized carbons (Fsp3) is 0.296. The molecule has 5 rings (SSSR count). The number of anilines is 1. The number of aliphatic hydroxyl groups excluding tert-OH is 1.